The van der Waals surface area contributed by atoms with E-state index in [1.807, 2.05) is 13.8 Å². The van der Waals surface area contributed by atoms with Gasteiger partial charge >= 0.3 is 0 Å². The van der Waals surface area contributed by atoms with Crippen molar-refractivity contribution in [2.75, 3.05) is 0 Å². The number of aromatic hydroxyl groups is 2. The number of ether oxygens (including phenoxy) is 1. The SMILES string of the molecule is Cc1cc2c(c(C)c1C)C(C)Oc1c(C)c(C)c(O)c(O)c1-2. The van der Waals surface area contributed by atoms with Crippen LogP contribution in [0.15, 0.2) is 6.07 Å². The van der Waals surface area contributed by atoms with Crippen molar-refractivity contribution in [1.29, 1.82) is 0 Å². The maximum atomic E-state index is 10.5. The first kappa shape index (κ1) is 14.8. The van der Waals surface area contributed by atoms with Crippen molar-refractivity contribution in [3.63, 3.8) is 0 Å². The third-order valence-electron chi connectivity index (χ3n) is 5.13. The van der Waals surface area contributed by atoms with Gasteiger partial charge in [-0.1, -0.05) is 6.07 Å². The van der Waals surface area contributed by atoms with Gasteiger partial charge in [0.1, 0.15) is 11.9 Å². The molecule has 116 valence electrons. The largest absolute Gasteiger partial charge is 0.504 e. The van der Waals surface area contributed by atoms with Gasteiger partial charge in [0.2, 0.25) is 0 Å². The van der Waals surface area contributed by atoms with Gasteiger partial charge in [-0.25, -0.2) is 0 Å². The highest BCUT2D eigenvalue weighted by Crippen LogP contribution is 2.54. The molecule has 22 heavy (non-hydrogen) atoms. The second kappa shape index (κ2) is 4.67. The van der Waals surface area contributed by atoms with E-state index < -0.39 is 0 Å². The van der Waals surface area contributed by atoms with Crippen molar-refractivity contribution < 1.29 is 14.9 Å². The van der Waals surface area contributed by atoms with Crippen LogP contribution in [-0.4, -0.2) is 10.2 Å². The van der Waals surface area contributed by atoms with Gasteiger partial charge in [0.15, 0.2) is 11.5 Å². The number of hydrogen-bond donors (Lipinski definition) is 2. The fourth-order valence-corrected chi connectivity index (χ4v) is 3.40. The smallest absolute Gasteiger partial charge is 0.169 e. The number of phenols is 2. The first-order valence-corrected chi connectivity index (χ1v) is 7.58. The highest BCUT2D eigenvalue weighted by Gasteiger charge is 2.32. The van der Waals surface area contributed by atoms with Crippen LogP contribution in [-0.2, 0) is 0 Å². The molecule has 0 bridgehead atoms. The molecule has 1 atom stereocenters. The molecule has 2 aromatic rings. The Morgan fingerprint density at radius 2 is 1.50 bits per heavy atom. The van der Waals surface area contributed by atoms with Gasteiger partial charge in [0.25, 0.3) is 0 Å². The molecule has 1 aliphatic rings. The summed E-state index contributed by atoms with van der Waals surface area (Å²) in [6, 6.07) is 2.09. The highest BCUT2D eigenvalue weighted by atomic mass is 16.5. The first-order chi connectivity index (χ1) is 10.3. The molecule has 0 aromatic heterocycles. The number of phenolic OH excluding ortho intramolecular Hbond substituents is 2. The maximum absolute atomic E-state index is 10.5. The van der Waals surface area contributed by atoms with E-state index in [9.17, 15) is 10.2 Å². The van der Waals surface area contributed by atoms with Crippen molar-refractivity contribution >= 4 is 0 Å². The molecule has 0 amide bonds. The lowest BCUT2D eigenvalue weighted by Crippen LogP contribution is -2.15. The second-order valence-corrected chi connectivity index (χ2v) is 6.32. The Morgan fingerprint density at radius 3 is 2.14 bits per heavy atom. The average Bonchev–Trinajstić information content (AvgIpc) is 2.47. The monoisotopic (exact) mass is 298 g/mol. The van der Waals surface area contributed by atoms with Gasteiger partial charge in [-0.15, -0.1) is 0 Å². The standard InChI is InChI=1S/C19H22O3/c1-8-7-14-15(10(3)9(8)2)13(6)22-19-12(5)11(4)17(20)18(21)16(14)19/h7,13,20-21H,1-6H3. The minimum Gasteiger partial charge on any atom is -0.504 e. The van der Waals surface area contributed by atoms with Gasteiger partial charge in [0.05, 0.1) is 5.56 Å². The molecule has 0 radical (unpaired) electrons. The summed E-state index contributed by atoms with van der Waals surface area (Å²) in [5, 5.41) is 20.7. The van der Waals surface area contributed by atoms with Crippen molar-refractivity contribution in [2.24, 2.45) is 0 Å². The van der Waals surface area contributed by atoms with Crippen LogP contribution >= 0.6 is 0 Å². The zero-order chi connectivity index (χ0) is 16.3. The van der Waals surface area contributed by atoms with Crippen LogP contribution in [0.4, 0.5) is 0 Å². The number of benzene rings is 2. The van der Waals surface area contributed by atoms with Crippen molar-refractivity contribution in [2.45, 2.75) is 47.6 Å². The van der Waals surface area contributed by atoms with Crippen molar-refractivity contribution in [1.82, 2.24) is 0 Å². The molecule has 0 spiro atoms. The van der Waals surface area contributed by atoms with Crippen LogP contribution in [0, 0.1) is 34.6 Å². The molecular formula is C19H22O3. The predicted octanol–water partition coefficient (Wildman–Crippen LogP) is 4.76. The van der Waals surface area contributed by atoms with Crippen LogP contribution in [0.2, 0.25) is 0 Å². The van der Waals surface area contributed by atoms with E-state index in [4.69, 9.17) is 4.74 Å². The molecule has 1 unspecified atom stereocenters. The number of fused-ring (bicyclic) bond motifs is 3. The molecule has 3 heteroatoms. The number of aryl methyl sites for hydroxylation is 1. The molecule has 0 fully saturated rings. The van der Waals surface area contributed by atoms with Crippen LogP contribution in [0.3, 0.4) is 0 Å². The summed E-state index contributed by atoms with van der Waals surface area (Å²) in [5.74, 6) is 0.528. The highest BCUT2D eigenvalue weighted by molar-refractivity contribution is 5.86. The Bertz CT molecular complexity index is 804. The fourth-order valence-electron chi connectivity index (χ4n) is 3.40. The minimum atomic E-state index is -0.0890. The van der Waals surface area contributed by atoms with Gasteiger partial charge < -0.3 is 14.9 Å². The minimum absolute atomic E-state index is 0.0590. The fraction of sp³-hybridized carbons (Fsp3) is 0.368. The van der Waals surface area contributed by atoms with E-state index in [1.54, 1.807) is 6.92 Å². The van der Waals surface area contributed by atoms with E-state index >= 15 is 0 Å². The van der Waals surface area contributed by atoms with Crippen molar-refractivity contribution in [3.8, 4) is 28.4 Å². The first-order valence-electron chi connectivity index (χ1n) is 7.58. The summed E-state index contributed by atoms with van der Waals surface area (Å²) in [4.78, 5) is 0. The summed E-state index contributed by atoms with van der Waals surface area (Å²) in [6.07, 6.45) is -0.0798. The Balaban J connectivity index is 2.48. The third kappa shape index (κ3) is 1.75. The van der Waals surface area contributed by atoms with Gasteiger partial charge in [-0.3, -0.25) is 0 Å². The molecule has 0 saturated carbocycles. The molecule has 1 heterocycles. The summed E-state index contributed by atoms with van der Waals surface area (Å²) >= 11 is 0. The van der Waals surface area contributed by atoms with E-state index in [2.05, 4.69) is 26.8 Å². The summed E-state index contributed by atoms with van der Waals surface area (Å²) < 4.78 is 6.11. The van der Waals surface area contributed by atoms with Crippen LogP contribution in [0.5, 0.6) is 17.2 Å². The van der Waals surface area contributed by atoms with Gasteiger partial charge in [-0.05, 0) is 69.4 Å². The summed E-state index contributed by atoms with van der Waals surface area (Å²) in [5.41, 5.74) is 7.80. The van der Waals surface area contributed by atoms with E-state index in [0.717, 1.165) is 16.7 Å². The molecule has 2 N–H and O–H groups in total. The summed E-state index contributed by atoms with van der Waals surface area (Å²) in [7, 11) is 0. The zero-order valence-corrected chi connectivity index (χ0v) is 14.0. The summed E-state index contributed by atoms with van der Waals surface area (Å²) in [6.45, 7) is 12.0. The lowest BCUT2D eigenvalue weighted by atomic mass is 9.84. The lowest BCUT2D eigenvalue weighted by molar-refractivity contribution is 0.219. The third-order valence-corrected chi connectivity index (χ3v) is 5.13. The Labute approximate surface area is 131 Å². The van der Waals surface area contributed by atoms with Crippen LogP contribution < -0.4 is 4.74 Å². The maximum Gasteiger partial charge on any atom is 0.169 e. The molecule has 2 aromatic carbocycles. The molecule has 3 rings (SSSR count). The molecular weight excluding hydrogens is 276 g/mol. The van der Waals surface area contributed by atoms with Gasteiger partial charge in [-0.2, -0.15) is 0 Å². The number of hydrogen-bond acceptors (Lipinski definition) is 3. The zero-order valence-electron chi connectivity index (χ0n) is 14.0. The Kier molecular flexibility index (Phi) is 3.13. The second-order valence-electron chi connectivity index (χ2n) is 6.32. The van der Waals surface area contributed by atoms with Crippen LogP contribution in [0.1, 0.15) is 46.4 Å². The molecule has 1 aliphatic heterocycles. The van der Waals surface area contributed by atoms with E-state index in [1.165, 1.54) is 16.7 Å². The van der Waals surface area contributed by atoms with Gasteiger partial charge in [0, 0.05) is 11.1 Å². The van der Waals surface area contributed by atoms with Crippen molar-refractivity contribution in [3.05, 3.63) is 39.4 Å². The average molecular weight is 298 g/mol. The van der Waals surface area contributed by atoms with Crippen LogP contribution in [0.25, 0.3) is 11.1 Å². The van der Waals surface area contributed by atoms with E-state index in [0.29, 0.717) is 16.9 Å². The molecule has 0 saturated heterocycles. The predicted molar refractivity (Wildman–Crippen MR) is 87.9 cm³/mol. The lowest BCUT2D eigenvalue weighted by Gasteiger charge is -2.32. The topological polar surface area (TPSA) is 49.7 Å². The Hall–Kier alpha value is -2.16. The van der Waals surface area contributed by atoms with E-state index in [-0.39, 0.29) is 17.6 Å². The Morgan fingerprint density at radius 1 is 0.864 bits per heavy atom. The molecule has 0 aliphatic carbocycles. The normalized spacial score (nSPS) is 16.0. The quantitative estimate of drug-likeness (QED) is 0.689. The number of rotatable bonds is 0. The molecule has 3 nitrogen and oxygen atoms in total.